The van der Waals surface area contributed by atoms with Crippen molar-refractivity contribution in [1.82, 2.24) is 18.8 Å². The van der Waals surface area contributed by atoms with Crippen LogP contribution >= 0.6 is 11.3 Å². The van der Waals surface area contributed by atoms with Gasteiger partial charge in [-0.25, -0.2) is 9.40 Å². The predicted octanol–water partition coefficient (Wildman–Crippen LogP) is 2.86. The summed E-state index contributed by atoms with van der Waals surface area (Å²) in [5.41, 5.74) is 1.69. The molecule has 1 fully saturated rings. The van der Waals surface area contributed by atoms with Crippen molar-refractivity contribution in [2.45, 2.75) is 26.2 Å². The molecule has 0 radical (unpaired) electrons. The molecule has 7 nitrogen and oxygen atoms in total. The first-order chi connectivity index (χ1) is 13.0. The number of aromatic nitrogens is 2. The zero-order valence-electron chi connectivity index (χ0n) is 14.9. The zero-order chi connectivity index (χ0) is 19.0. The lowest BCUT2D eigenvalue weighted by Gasteiger charge is -2.25. The Morgan fingerprint density at radius 2 is 1.85 bits per heavy atom. The molecular formula is C18H20N4O3S2. The van der Waals surface area contributed by atoms with Gasteiger partial charge in [0, 0.05) is 18.5 Å². The van der Waals surface area contributed by atoms with Crippen molar-refractivity contribution in [3.05, 3.63) is 47.0 Å². The third kappa shape index (κ3) is 3.50. The second-order valence-corrected chi connectivity index (χ2v) is 9.26. The van der Waals surface area contributed by atoms with Crippen LogP contribution in [0.2, 0.25) is 0 Å². The highest BCUT2D eigenvalue weighted by Crippen LogP contribution is 2.30. The molecule has 1 aliphatic rings. The molecule has 0 aliphatic carbocycles. The van der Waals surface area contributed by atoms with Gasteiger partial charge in [-0.1, -0.05) is 24.6 Å². The molecule has 2 aromatic heterocycles. The number of carbonyl (C=O) groups is 1. The van der Waals surface area contributed by atoms with E-state index >= 15 is 0 Å². The van der Waals surface area contributed by atoms with Crippen molar-refractivity contribution >= 4 is 37.7 Å². The first kappa shape index (κ1) is 18.1. The van der Waals surface area contributed by atoms with Crippen LogP contribution in [0.15, 0.2) is 36.4 Å². The second kappa shape index (κ2) is 7.06. The molecule has 1 aliphatic heterocycles. The van der Waals surface area contributed by atoms with Crippen LogP contribution in [0.4, 0.5) is 0 Å². The van der Waals surface area contributed by atoms with Gasteiger partial charge in [-0.05, 0) is 38.0 Å². The fourth-order valence-electron chi connectivity index (χ4n) is 3.24. The molecule has 1 amide bonds. The number of hydrogen-bond acceptors (Lipinski definition) is 5. The van der Waals surface area contributed by atoms with Gasteiger partial charge in [0.2, 0.25) is 0 Å². The van der Waals surface area contributed by atoms with Gasteiger partial charge in [0.25, 0.3) is 5.91 Å². The van der Waals surface area contributed by atoms with Gasteiger partial charge in [0.05, 0.1) is 16.3 Å². The maximum Gasteiger partial charge on any atom is 0.304 e. The maximum absolute atomic E-state index is 12.6. The van der Waals surface area contributed by atoms with E-state index in [1.54, 1.807) is 10.7 Å². The molecule has 0 saturated carbocycles. The average molecular weight is 405 g/mol. The molecule has 0 atom stereocenters. The van der Waals surface area contributed by atoms with E-state index in [4.69, 9.17) is 0 Å². The lowest BCUT2D eigenvalue weighted by atomic mass is 10.2. The topological polar surface area (TPSA) is 84.3 Å². The minimum atomic E-state index is -3.81. The number of fused-ring (bicyclic) bond motifs is 1. The smallest absolute Gasteiger partial charge is 0.267 e. The number of nitrogens with one attached hydrogen (secondary N) is 1. The number of piperidine rings is 1. The number of carbonyl (C=O) groups excluding carboxylic acids is 1. The monoisotopic (exact) mass is 404 g/mol. The molecule has 3 heterocycles. The lowest BCUT2D eigenvalue weighted by Crippen LogP contribution is -2.45. The third-order valence-corrected chi connectivity index (χ3v) is 7.24. The molecule has 0 unspecified atom stereocenters. The number of rotatable bonds is 4. The van der Waals surface area contributed by atoms with Crippen LogP contribution in [0.3, 0.4) is 0 Å². The molecular weight excluding hydrogens is 384 g/mol. The number of benzene rings is 1. The maximum atomic E-state index is 12.6. The minimum absolute atomic E-state index is 0.357. The molecule has 3 aromatic rings. The van der Waals surface area contributed by atoms with E-state index in [-0.39, 0.29) is 0 Å². The van der Waals surface area contributed by atoms with Gasteiger partial charge in [-0.15, -0.1) is 11.3 Å². The van der Waals surface area contributed by atoms with Crippen LogP contribution in [0.25, 0.3) is 15.9 Å². The summed E-state index contributed by atoms with van der Waals surface area (Å²) >= 11 is 1.24. The number of amides is 1. The Morgan fingerprint density at radius 3 is 2.56 bits per heavy atom. The largest absolute Gasteiger partial charge is 0.304 e. The van der Waals surface area contributed by atoms with Crippen LogP contribution < -0.4 is 4.72 Å². The molecule has 27 heavy (non-hydrogen) atoms. The van der Waals surface area contributed by atoms with E-state index in [0.717, 1.165) is 40.9 Å². The predicted molar refractivity (Wildman–Crippen MR) is 105 cm³/mol. The third-order valence-electron chi connectivity index (χ3n) is 4.65. The summed E-state index contributed by atoms with van der Waals surface area (Å²) in [5.74, 6) is -0.596. The average Bonchev–Trinajstić information content (AvgIpc) is 3.24. The van der Waals surface area contributed by atoms with Gasteiger partial charge in [-0.3, -0.25) is 4.79 Å². The Hall–Kier alpha value is -2.23. The Kier molecular flexibility index (Phi) is 4.75. The van der Waals surface area contributed by atoms with Gasteiger partial charge in [0.1, 0.15) is 4.83 Å². The second-order valence-electron chi connectivity index (χ2n) is 6.56. The summed E-state index contributed by atoms with van der Waals surface area (Å²) in [5, 5.41) is 5.39. The van der Waals surface area contributed by atoms with Crippen molar-refractivity contribution in [3.63, 3.8) is 0 Å². The number of nitrogens with zero attached hydrogens (tertiary/aromatic N) is 3. The molecule has 1 aromatic carbocycles. The molecule has 1 saturated heterocycles. The van der Waals surface area contributed by atoms with Crippen LogP contribution in [0, 0.1) is 6.92 Å². The summed E-state index contributed by atoms with van der Waals surface area (Å²) in [4.78, 5) is 13.8. The van der Waals surface area contributed by atoms with Gasteiger partial charge in [0.15, 0.2) is 0 Å². The molecule has 9 heteroatoms. The van der Waals surface area contributed by atoms with Gasteiger partial charge < -0.3 is 0 Å². The highest BCUT2D eigenvalue weighted by atomic mass is 32.2. The van der Waals surface area contributed by atoms with Crippen molar-refractivity contribution in [1.29, 1.82) is 0 Å². The summed E-state index contributed by atoms with van der Waals surface area (Å²) in [6.07, 6.45) is 2.67. The Morgan fingerprint density at radius 1 is 1.15 bits per heavy atom. The number of aryl methyl sites for hydroxylation is 1. The zero-order valence-corrected chi connectivity index (χ0v) is 16.5. The number of thiophene rings is 1. The van der Waals surface area contributed by atoms with Crippen molar-refractivity contribution in [3.8, 4) is 5.69 Å². The molecule has 0 spiro atoms. The first-order valence-electron chi connectivity index (χ1n) is 8.82. The number of hydrogen-bond donors (Lipinski definition) is 1. The van der Waals surface area contributed by atoms with Crippen molar-refractivity contribution in [2.75, 3.05) is 13.1 Å². The first-order valence-corrected chi connectivity index (χ1v) is 11.1. The SMILES string of the molecule is Cc1nn(-c2ccccc2)c2sc(C(=O)NS(=O)(=O)N3CCCCC3)cc12. The normalized spacial score (nSPS) is 15.9. The van der Waals surface area contributed by atoms with Crippen LogP contribution in [0.1, 0.15) is 34.6 Å². The van der Waals surface area contributed by atoms with Crippen LogP contribution in [0.5, 0.6) is 0 Å². The summed E-state index contributed by atoms with van der Waals surface area (Å²) < 4.78 is 30.3. The van der Waals surface area contributed by atoms with Crippen LogP contribution in [-0.2, 0) is 10.2 Å². The van der Waals surface area contributed by atoms with E-state index in [2.05, 4.69) is 9.82 Å². The minimum Gasteiger partial charge on any atom is -0.267 e. The molecule has 4 rings (SSSR count). The van der Waals surface area contributed by atoms with Crippen LogP contribution in [-0.4, -0.2) is 41.5 Å². The Labute approximate surface area is 161 Å². The summed E-state index contributed by atoms with van der Waals surface area (Å²) in [6.45, 7) is 2.79. The Bertz CT molecular complexity index is 1080. The lowest BCUT2D eigenvalue weighted by molar-refractivity contribution is 0.0982. The van der Waals surface area contributed by atoms with Gasteiger partial charge in [-0.2, -0.15) is 17.8 Å². The number of para-hydroxylation sites is 1. The summed E-state index contributed by atoms with van der Waals surface area (Å²) in [7, 11) is -3.81. The van der Waals surface area contributed by atoms with Crippen molar-refractivity contribution in [2.24, 2.45) is 0 Å². The molecule has 1 N–H and O–H groups in total. The van der Waals surface area contributed by atoms with Crippen molar-refractivity contribution < 1.29 is 13.2 Å². The highest BCUT2D eigenvalue weighted by molar-refractivity contribution is 7.87. The van der Waals surface area contributed by atoms with E-state index in [1.165, 1.54) is 15.6 Å². The fraction of sp³-hybridized carbons (Fsp3) is 0.333. The van der Waals surface area contributed by atoms with E-state index in [1.807, 2.05) is 37.3 Å². The van der Waals surface area contributed by atoms with E-state index in [0.29, 0.717) is 18.0 Å². The molecule has 0 bridgehead atoms. The van der Waals surface area contributed by atoms with Gasteiger partial charge >= 0.3 is 10.2 Å². The fourth-order valence-corrected chi connectivity index (χ4v) is 5.60. The standard InChI is InChI=1S/C18H20N4O3S2/c1-13-15-12-16(17(23)20-27(24,25)21-10-6-3-7-11-21)26-18(15)22(19-13)14-8-4-2-5-9-14/h2,4-5,8-9,12H,3,6-7,10-11H2,1H3,(H,20,23). The van der Waals surface area contributed by atoms with E-state index in [9.17, 15) is 13.2 Å². The quantitative estimate of drug-likeness (QED) is 0.725. The Balaban J connectivity index is 1.63. The van der Waals surface area contributed by atoms with E-state index < -0.39 is 16.1 Å². The summed E-state index contributed by atoms with van der Waals surface area (Å²) in [6, 6.07) is 11.4. The highest BCUT2D eigenvalue weighted by Gasteiger charge is 2.27. The molecule has 142 valence electrons.